The third-order valence-electron chi connectivity index (χ3n) is 3.16. The number of carbonyl (C=O) groups is 1. The van der Waals surface area contributed by atoms with Crippen molar-refractivity contribution in [2.45, 2.75) is 6.42 Å². The highest BCUT2D eigenvalue weighted by Crippen LogP contribution is 2.20. The molecule has 0 saturated carbocycles. The van der Waals surface area contributed by atoms with Crippen molar-refractivity contribution in [1.29, 1.82) is 0 Å². The van der Waals surface area contributed by atoms with Crippen LogP contribution in [0.5, 0.6) is 0 Å². The average Bonchev–Trinajstić information content (AvgIpc) is 2.55. The zero-order chi connectivity index (χ0) is 15.1. The number of rotatable bonds is 6. The highest BCUT2D eigenvalue weighted by Gasteiger charge is 2.08. The molecule has 0 unspecified atom stereocenters. The van der Waals surface area contributed by atoms with Gasteiger partial charge in [-0.05, 0) is 37.2 Å². The summed E-state index contributed by atoms with van der Waals surface area (Å²) in [6.07, 6.45) is 2.36. The molecule has 2 aromatic rings. The molecule has 2 rings (SSSR count). The summed E-state index contributed by atoms with van der Waals surface area (Å²) in [7, 11) is 1.94. The van der Waals surface area contributed by atoms with E-state index in [1.54, 1.807) is 12.3 Å². The SMILES string of the molecule is CN(c1ccccc1)c1ccc(C(=O)NCCCN)cn1. The number of nitrogens with one attached hydrogen (secondary N) is 1. The minimum absolute atomic E-state index is 0.120. The molecule has 110 valence electrons. The number of anilines is 2. The van der Waals surface area contributed by atoms with Gasteiger partial charge < -0.3 is 16.0 Å². The first-order valence-electron chi connectivity index (χ1n) is 6.95. The molecule has 1 heterocycles. The van der Waals surface area contributed by atoms with Crippen LogP contribution in [0, 0.1) is 0 Å². The molecule has 0 radical (unpaired) electrons. The maximum Gasteiger partial charge on any atom is 0.252 e. The van der Waals surface area contributed by atoms with Crippen LogP contribution in [-0.2, 0) is 0 Å². The monoisotopic (exact) mass is 284 g/mol. The summed E-state index contributed by atoms with van der Waals surface area (Å²) < 4.78 is 0. The summed E-state index contributed by atoms with van der Waals surface area (Å²) in [5.41, 5.74) is 6.99. The Morgan fingerprint density at radius 1 is 1.24 bits per heavy atom. The topological polar surface area (TPSA) is 71.2 Å². The van der Waals surface area contributed by atoms with Gasteiger partial charge in [0.05, 0.1) is 5.56 Å². The number of para-hydroxylation sites is 1. The van der Waals surface area contributed by atoms with Crippen molar-refractivity contribution < 1.29 is 4.79 Å². The predicted octanol–water partition coefficient (Wildman–Crippen LogP) is 1.93. The second-order valence-electron chi connectivity index (χ2n) is 4.70. The lowest BCUT2D eigenvalue weighted by Gasteiger charge is -2.18. The molecule has 0 bridgehead atoms. The fourth-order valence-corrected chi connectivity index (χ4v) is 1.91. The summed E-state index contributed by atoms with van der Waals surface area (Å²) in [6, 6.07) is 13.6. The molecular formula is C16H20N4O. The Hall–Kier alpha value is -2.40. The summed E-state index contributed by atoms with van der Waals surface area (Å²) in [6.45, 7) is 1.15. The first kappa shape index (κ1) is 15.0. The molecule has 0 aliphatic carbocycles. The van der Waals surface area contributed by atoms with E-state index in [0.717, 1.165) is 17.9 Å². The Morgan fingerprint density at radius 2 is 2.00 bits per heavy atom. The molecule has 0 aliphatic heterocycles. The normalized spacial score (nSPS) is 10.2. The number of pyridine rings is 1. The lowest BCUT2D eigenvalue weighted by atomic mass is 10.2. The third-order valence-corrected chi connectivity index (χ3v) is 3.16. The van der Waals surface area contributed by atoms with Gasteiger partial charge in [-0.15, -0.1) is 0 Å². The van der Waals surface area contributed by atoms with Crippen molar-refractivity contribution >= 4 is 17.4 Å². The van der Waals surface area contributed by atoms with Crippen molar-refractivity contribution in [2.24, 2.45) is 5.73 Å². The average molecular weight is 284 g/mol. The molecule has 0 spiro atoms. The van der Waals surface area contributed by atoms with Crippen molar-refractivity contribution in [3.63, 3.8) is 0 Å². The van der Waals surface area contributed by atoms with Crippen LogP contribution >= 0.6 is 0 Å². The van der Waals surface area contributed by atoms with Crippen LogP contribution in [0.15, 0.2) is 48.7 Å². The lowest BCUT2D eigenvalue weighted by Crippen LogP contribution is -2.26. The van der Waals surface area contributed by atoms with Gasteiger partial charge in [-0.3, -0.25) is 4.79 Å². The van der Waals surface area contributed by atoms with Gasteiger partial charge in [0.1, 0.15) is 5.82 Å². The largest absolute Gasteiger partial charge is 0.352 e. The Labute approximate surface area is 124 Å². The van der Waals surface area contributed by atoms with Gasteiger partial charge in [0, 0.05) is 25.5 Å². The van der Waals surface area contributed by atoms with E-state index in [2.05, 4.69) is 10.3 Å². The number of hydrogen-bond acceptors (Lipinski definition) is 4. The van der Waals surface area contributed by atoms with E-state index in [-0.39, 0.29) is 5.91 Å². The third kappa shape index (κ3) is 4.03. The van der Waals surface area contributed by atoms with Gasteiger partial charge in [-0.2, -0.15) is 0 Å². The Kier molecular flexibility index (Phi) is 5.29. The van der Waals surface area contributed by atoms with Crippen molar-refractivity contribution in [3.05, 3.63) is 54.2 Å². The maximum absolute atomic E-state index is 11.9. The lowest BCUT2D eigenvalue weighted by molar-refractivity contribution is 0.0953. The van der Waals surface area contributed by atoms with E-state index in [9.17, 15) is 4.79 Å². The van der Waals surface area contributed by atoms with E-state index in [1.807, 2.05) is 48.3 Å². The van der Waals surface area contributed by atoms with Gasteiger partial charge in [0.2, 0.25) is 0 Å². The number of benzene rings is 1. The van der Waals surface area contributed by atoms with E-state index in [0.29, 0.717) is 18.7 Å². The fraction of sp³-hybridized carbons (Fsp3) is 0.250. The number of hydrogen-bond donors (Lipinski definition) is 2. The molecule has 3 N–H and O–H groups in total. The molecule has 0 atom stereocenters. The molecule has 0 aliphatic rings. The molecule has 1 aromatic heterocycles. The molecule has 5 heteroatoms. The zero-order valence-electron chi connectivity index (χ0n) is 12.1. The summed E-state index contributed by atoms with van der Waals surface area (Å²) >= 11 is 0. The first-order chi connectivity index (χ1) is 10.2. The van der Waals surface area contributed by atoms with E-state index in [1.165, 1.54) is 0 Å². The number of nitrogens with zero attached hydrogens (tertiary/aromatic N) is 2. The van der Waals surface area contributed by atoms with Gasteiger partial charge in [0.15, 0.2) is 0 Å². The van der Waals surface area contributed by atoms with Crippen LogP contribution in [0.25, 0.3) is 0 Å². The Bertz CT molecular complexity index is 569. The Morgan fingerprint density at radius 3 is 2.62 bits per heavy atom. The van der Waals surface area contributed by atoms with E-state index < -0.39 is 0 Å². The van der Waals surface area contributed by atoms with Crippen molar-refractivity contribution in [3.8, 4) is 0 Å². The summed E-state index contributed by atoms with van der Waals surface area (Å²) in [5.74, 6) is 0.671. The number of nitrogens with two attached hydrogens (primary N) is 1. The zero-order valence-corrected chi connectivity index (χ0v) is 12.1. The van der Waals surface area contributed by atoms with Crippen LogP contribution in [0.4, 0.5) is 11.5 Å². The standard InChI is InChI=1S/C16H20N4O/c1-20(14-6-3-2-4-7-14)15-9-8-13(12-19-15)16(21)18-11-5-10-17/h2-4,6-9,12H,5,10-11,17H2,1H3,(H,18,21). The number of amides is 1. The fourth-order valence-electron chi connectivity index (χ4n) is 1.91. The van der Waals surface area contributed by atoms with Crippen LogP contribution in [-0.4, -0.2) is 31.0 Å². The molecule has 0 saturated heterocycles. The van der Waals surface area contributed by atoms with Crippen LogP contribution < -0.4 is 16.0 Å². The molecule has 1 amide bonds. The maximum atomic E-state index is 11.9. The number of aromatic nitrogens is 1. The van der Waals surface area contributed by atoms with Crippen LogP contribution in [0.3, 0.4) is 0 Å². The van der Waals surface area contributed by atoms with Gasteiger partial charge in [0.25, 0.3) is 5.91 Å². The summed E-state index contributed by atoms with van der Waals surface area (Å²) in [5, 5.41) is 2.81. The predicted molar refractivity (Wildman–Crippen MR) is 84.7 cm³/mol. The first-order valence-corrected chi connectivity index (χ1v) is 6.95. The van der Waals surface area contributed by atoms with Crippen molar-refractivity contribution in [1.82, 2.24) is 10.3 Å². The smallest absolute Gasteiger partial charge is 0.252 e. The molecule has 1 aromatic carbocycles. The second-order valence-corrected chi connectivity index (χ2v) is 4.70. The van der Waals surface area contributed by atoms with Gasteiger partial charge >= 0.3 is 0 Å². The Balaban J connectivity index is 2.03. The van der Waals surface area contributed by atoms with Crippen LogP contribution in [0.1, 0.15) is 16.8 Å². The highest BCUT2D eigenvalue weighted by atomic mass is 16.1. The minimum Gasteiger partial charge on any atom is -0.352 e. The minimum atomic E-state index is -0.120. The van der Waals surface area contributed by atoms with Crippen molar-refractivity contribution in [2.75, 3.05) is 25.0 Å². The molecule has 21 heavy (non-hydrogen) atoms. The van der Waals surface area contributed by atoms with E-state index >= 15 is 0 Å². The van der Waals surface area contributed by atoms with Gasteiger partial charge in [-0.1, -0.05) is 18.2 Å². The number of carbonyl (C=O) groups excluding carboxylic acids is 1. The molecule has 0 fully saturated rings. The van der Waals surface area contributed by atoms with Crippen LogP contribution in [0.2, 0.25) is 0 Å². The van der Waals surface area contributed by atoms with E-state index in [4.69, 9.17) is 5.73 Å². The quantitative estimate of drug-likeness (QED) is 0.795. The summed E-state index contributed by atoms with van der Waals surface area (Å²) in [4.78, 5) is 18.2. The molecular weight excluding hydrogens is 264 g/mol. The highest BCUT2D eigenvalue weighted by molar-refractivity contribution is 5.94. The van der Waals surface area contributed by atoms with Gasteiger partial charge in [-0.25, -0.2) is 4.98 Å². The second kappa shape index (κ2) is 7.40. The molecule has 5 nitrogen and oxygen atoms in total.